The maximum Gasteiger partial charge on any atom is 0.156 e. The summed E-state index contributed by atoms with van der Waals surface area (Å²) in [6, 6.07) is 15.1. The third kappa shape index (κ3) is 5.93. The van der Waals surface area contributed by atoms with Gasteiger partial charge in [0, 0.05) is 6.42 Å². The van der Waals surface area contributed by atoms with Gasteiger partial charge in [0.25, 0.3) is 0 Å². The molecule has 3 saturated carbocycles. The van der Waals surface area contributed by atoms with Crippen molar-refractivity contribution in [2.75, 3.05) is 0 Å². The van der Waals surface area contributed by atoms with Crippen LogP contribution in [-0.4, -0.2) is 5.78 Å². The number of allylic oxidation sites excluding steroid dienone is 2. The number of benzene rings is 2. The Hall–Kier alpha value is -2.41. The van der Waals surface area contributed by atoms with E-state index >= 15 is 0 Å². The Morgan fingerprint density at radius 1 is 1.06 bits per heavy atom. The van der Waals surface area contributed by atoms with E-state index < -0.39 is 0 Å². The number of rotatable bonds is 11. The summed E-state index contributed by atoms with van der Waals surface area (Å²) < 4.78 is 0. The molecule has 36 heavy (non-hydrogen) atoms. The predicted octanol–water partition coefficient (Wildman–Crippen LogP) is 9.34. The number of ketones is 1. The Bertz CT molecular complexity index is 1140. The van der Waals surface area contributed by atoms with E-state index in [1.807, 2.05) is 30.4 Å². The minimum absolute atomic E-state index is 0.160. The summed E-state index contributed by atoms with van der Waals surface area (Å²) in [6.45, 7) is 9.53. The van der Waals surface area contributed by atoms with Gasteiger partial charge in [-0.3, -0.25) is 4.79 Å². The zero-order valence-corrected chi connectivity index (χ0v) is 22.9. The first-order valence-electron chi connectivity index (χ1n) is 14.3. The van der Waals surface area contributed by atoms with Crippen LogP contribution in [0.1, 0.15) is 106 Å². The van der Waals surface area contributed by atoms with Crippen LogP contribution in [0.4, 0.5) is 0 Å². The molecule has 1 nitrogen and oxygen atoms in total. The normalized spacial score (nSPS) is 20.6. The Morgan fingerprint density at radius 2 is 1.78 bits per heavy atom. The summed E-state index contributed by atoms with van der Waals surface area (Å²) in [5, 5.41) is 0. The molecule has 190 valence electrons. The standard InChI is InChI=1S/C35H44O/c1-25-21-33(27-14-15-27)28(17-18-35(4)19-20-35)22-29(25)23-31(34(2,3)30-11-8-12-30)24-32(36)16-13-26-9-6-5-7-10-26/h5-7,9-10,13,16-18,21-22,27,30-31H,8,11-12,14-15,19-20,23-24H2,1-4H3/b16-13+,18-17-. The van der Waals surface area contributed by atoms with Gasteiger partial charge in [0.05, 0.1) is 0 Å². The van der Waals surface area contributed by atoms with Crippen LogP contribution in [0.25, 0.3) is 12.2 Å². The van der Waals surface area contributed by atoms with E-state index in [1.165, 1.54) is 61.6 Å². The minimum atomic E-state index is 0.160. The van der Waals surface area contributed by atoms with Crippen molar-refractivity contribution in [1.29, 1.82) is 0 Å². The van der Waals surface area contributed by atoms with Gasteiger partial charge in [0.2, 0.25) is 0 Å². The third-order valence-electron chi connectivity index (χ3n) is 9.65. The summed E-state index contributed by atoms with van der Waals surface area (Å²) in [5.74, 6) is 2.08. The minimum Gasteiger partial charge on any atom is -0.295 e. The molecule has 0 heterocycles. The molecule has 1 atom stereocenters. The molecule has 0 radical (unpaired) electrons. The zero-order chi connectivity index (χ0) is 25.3. The quantitative estimate of drug-likeness (QED) is 0.293. The lowest BCUT2D eigenvalue weighted by Crippen LogP contribution is -2.38. The fourth-order valence-corrected chi connectivity index (χ4v) is 5.97. The van der Waals surface area contributed by atoms with E-state index in [0.717, 1.165) is 23.8 Å². The van der Waals surface area contributed by atoms with Crippen LogP contribution in [0.15, 0.2) is 54.6 Å². The third-order valence-corrected chi connectivity index (χ3v) is 9.65. The average Bonchev–Trinajstić information content (AvgIpc) is 3.74. The Kier molecular flexibility index (Phi) is 7.12. The predicted molar refractivity (Wildman–Crippen MR) is 153 cm³/mol. The first-order valence-corrected chi connectivity index (χ1v) is 14.3. The average molecular weight is 481 g/mol. The molecule has 3 aliphatic carbocycles. The molecule has 2 aromatic carbocycles. The molecule has 0 aliphatic heterocycles. The lowest BCUT2D eigenvalue weighted by Gasteiger charge is -2.46. The van der Waals surface area contributed by atoms with Gasteiger partial charge >= 0.3 is 0 Å². The van der Waals surface area contributed by atoms with Crippen LogP contribution in [0.5, 0.6) is 0 Å². The molecule has 0 aromatic heterocycles. The number of carbonyl (C=O) groups excluding carboxylic acids is 1. The lowest BCUT2D eigenvalue weighted by molar-refractivity contribution is -0.117. The van der Waals surface area contributed by atoms with Crippen LogP contribution in [0.3, 0.4) is 0 Å². The summed E-state index contributed by atoms with van der Waals surface area (Å²) in [7, 11) is 0. The van der Waals surface area contributed by atoms with Gasteiger partial charge in [-0.05, 0) is 114 Å². The molecule has 0 bridgehead atoms. The van der Waals surface area contributed by atoms with Gasteiger partial charge in [-0.15, -0.1) is 0 Å². The monoisotopic (exact) mass is 480 g/mol. The maximum atomic E-state index is 13.2. The molecular formula is C35H44O. The highest BCUT2D eigenvalue weighted by molar-refractivity contribution is 5.93. The van der Waals surface area contributed by atoms with Crippen LogP contribution in [0.2, 0.25) is 0 Å². The second-order valence-corrected chi connectivity index (χ2v) is 12.9. The molecule has 3 aliphatic rings. The summed E-state index contributed by atoms with van der Waals surface area (Å²) in [4.78, 5) is 13.2. The Balaban J connectivity index is 1.40. The number of carbonyl (C=O) groups is 1. The van der Waals surface area contributed by atoms with Gasteiger partial charge in [0.1, 0.15) is 0 Å². The first kappa shape index (κ1) is 25.2. The molecule has 5 rings (SSSR count). The highest BCUT2D eigenvalue weighted by Crippen LogP contribution is 2.50. The van der Waals surface area contributed by atoms with Crippen LogP contribution in [-0.2, 0) is 11.2 Å². The Morgan fingerprint density at radius 3 is 2.39 bits per heavy atom. The first-order chi connectivity index (χ1) is 17.2. The van der Waals surface area contributed by atoms with Crippen molar-refractivity contribution < 1.29 is 4.79 Å². The molecule has 1 unspecified atom stereocenters. The van der Waals surface area contributed by atoms with Crippen molar-refractivity contribution in [3.8, 4) is 0 Å². The number of hydrogen-bond donors (Lipinski definition) is 0. The lowest BCUT2D eigenvalue weighted by atomic mass is 9.59. The molecule has 0 N–H and O–H groups in total. The van der Waals surface area contributed by atoms with E-state index in [4.69, 9.17) is 0 Å². The summed E-state index contributed by atoms with van der Waals surface area (Å²) in [6.07, 6.45) is 19.5. The summed E-state index contributed by atoms with van der Waals surface area (Å²) in [5.41, 5.74) is 7.50. The van der Waals surface area contributed by atoms with Gasteiger partial charge in [-0.25, -0.2) is 0 Å². The zero-order valence-electron chi connectivity index (χ0n) is 22.9. The molecule has 0 amide bonds. The molecule has 0 spiro atoms. The van der Waals surface area contributed by atoms with E-state index in [1.54, 1.807) is 5.56 Å². The highest BCUT2D eigenvalue weighted by atomic mass is 16.1. The second kappa shape index (κ2) is 10.2. The number of aryl methyl sites for hydroxylation is 1. The molecule has 3 fully saturated rings. The summed E-state index contributed by atoms with van der Waals surface area (Å²) >= 11 is 0. The van der Waals surface area contributed by atoms with Gasteiger partial charge in [0.15, 0.2) is 5.78 Å². The highest BCUT2D eigenvalue weighted by Gasteiger charge is 2.41. The SMILES string of the molecule is Cc1cc(C2CC2)c(/C=C\C2(C)CC2)cc1CC(CC(=O)/C=C/c1ccccc1)C(C)(C)C1CCC1. The van der Waals surface area contributed by atoms with Crippen molar-refractivity contribution in [3.05, 3.63) is 82.4 Å². The maximum absolute atomic E-state index is 13.2. The fourth-order valence-electron chi connectivity index (χ4n) is 5.97. The van der Waals surface area contributed by atoms with Crippen molar-refractivity contribution in [3.63, 3.8) is 0 Å². The molecule has 2 aromatic rings. The van der Waals surface area contributed by atoms with Crippen molar-refractivity contribution >= 4 is 17.9 Å². The largest absolute Gasteiger partial charge is 0.295 e. The van der Waals surface area contributed by atoms with Gasteiger partial charge in [-0.1, -0.05) is 87.9 Å². The van der Waals surface area contributed by atoms with Crippen LogP contribution in [0, 0.1) is 29.6 Å². The van der Waals surface area contributed by atoms with Crippen molar-refractivity contribution in [1.82, 2.24) is 0 Å². The number of hydrogen-bond acceptors (Lipinski definition) is 1. The van der Waals surface area contributed by atoms with E-state index in [0.29, 0.717) is 17.8 Å². The van der Waals surface area contributed by atoms with E-state index in [-0.39, 0.29) is 11.2 Å². The fraction of sp³-hybridized carbons (Fsp3) is 0.514. The van der Waals surface area contributed by atoms with Crippen molar-refractivity contribution in [2.45, 2.75) is 91.4 Å². The van der Waals surface area contributed by atoms with Crippen LogP contribution >= 0.6 is 0 Å². The van der Waals surface area contributed by atoms with Gasteiger partial charge < -0.3 is 0 Å². The molecule has 1 heteroatoms. The van der Waals surface area contributed by atoms with Crippen LogP contribution < -0.4 is 0 Å². The smallest absolute Gasteiger partial charge is 0.156 e. The molecule has 0 saturated heterocycles. The Labute approximate surface area is 219 Å². The van der Waals surface area contributed by atoms with E-state index in [9.17, 15) is 4.79 Å². The van der Waals surface area contributed by atoms with Crippen molar-refractivity contribution in [2.24, 2.45) is 22.7 Å². The van der Waals surface area contributed by atoms with E-state index in [2.05, 4.69) is 64.1 Å². The second-order valence-electron chi connectivity index (χ2n) is 12.9. The molecular weight excluding hydrogens is 436 g/mol. The van der Waals surface area contributed by atoms with Gasteiger partial charge in [-0.2, -0.15) is 0 Å². The topological polar surface area (TPSA) is 17.1 Å².